The molecular formula is C14H24N4O2. The van der Waals surface area contributed by atoms with E-state index in [0.717, 1.165) is 25.7 Å². The summed E-state index contributed by atoms with van der Waals surface area (Å²) in [5.74, 6) is 0.245. The van der Waals surface area contributed by atoms with Gasteiger partial charge in [-0.2, -0.15) is 0 Å². The van der Waals surface area contributed by atoms with Crippen molar-refractivity contribution in [3.8, 4) is 0 Å². The monoisotopic (exact) mass is 280 g/mol. The van der Waals surface area contributed by atoms with Crippen LogP contribution in [0.2, 0.25) is 0 Å². The van der Waals surface area contributed by atoms with Crippen LogP contribution in [0.3, 0.4) is 0 Å². The Bertz CT molecular complexity index is 584. The fraction of sp³-hybridized carbons (Fsp3) is 0.714. The van der Waals surface area contributed by atoms with Gasteiger partial charge >= 0.3 is 5.69 Å². The van der Waals surface area contributed by atoms with Crippen LogP contribution in [0.5, 0.6) is 0 Å². The van der Waals surface area contributed by atoms with Crippen LogP contribution in [0, 0.1) is 5.41 Å². The number of rotatable bonds is 6. The van der Waals surface area contributed by atoms with Crippen LogP contribution in [0.15, 0.2) is 9.59 Å². The van der Waals surface area contributed by atoms with Crippen LogP contribution < -0.4 is 22.3 Å². The minimum absolute atomic E-state index is 0.239. The lowest BCUT2D eigenvalue weighted by atomic mass is 9.70. The van der Waals surface area contributed by atoms with E-state index in [-0.39, 0.29) is 11.2 Å². The first kappa shape index (κ1) is 14.7. The van der Waals surface area contributed by atoms with E-state index >= 15 is 0 Å². The molecule has 0 saturated heterocycles. The summed E-state index contributed by atoms with van der Waals surface area (Å²) in [6.07, 6.45) is 5.37. The number of nitrogen functional groups attached to an aromatic ring is 1. The number of nitrogens with zero attached hydrogens (tertiary/aromatic N) is 1. The Balaban J connectivity index is 2.22. The van der Waals surface area contributed by atoms with Crippen LogP contribution in [0.25, 0.3) is 0 Å². The number of unbranched alkanes of at least 4 members (excludes halogenated alkanes) is 1. The van der Waals surface area contributed by atoms with Gasteiger partial charge in [-0.05, 0) is 24.7 Å². The second-order valence-electron chi connectivity index (χ2n) is 6.04. The van der Waals surface area contributed by atoms with Gasteiger partial charge in [0, 0.05) is 13.1 Å². The van der Waals surface area contributed by atoms with E-state index in [9.17, 15) is 9.59 Å². The summed E-state index contributed by atoms with van der Waals surface area (Å²) >= 11 is 0. The molecule has 0 aromatic carbocycles. The number of H-pyrrole nitrogens is 1. The van der Waals surface area contributed by atoms with Crippen LogP contribution in [-0.2, 0) is 6.54 Å². The second-order valence-corrected chi connectivity index (χ2v) is 6.04. The van der Waals surface area contributed by atoms with Crippen molar-refractivity contribution in [3.05, 3.63) is 20.8 Å². The lowest BCUT2D eigenvalue weighted by Crippen LogP contribution is -2.38. The van der Waals surface area contributed by atoms with Crippen molar-refractivity contribution in [3.63, 3.8) is 0 Å². The van der Waals surface area contributed by atoms with Crippen molar-refractivity contribution < 1.29 is 0 Å². The molecule has 1 fully saturated rings. The standard InChI is InChI=1S/C14H24N4O2/c1-3-4-8-18-11(15)10(12(19)17-13(18)20)16-9-14(2)6-5-7-14/h16H,3-9,15H2,1-2H3,(H,17,19,20). The van der Waals surface area contributed by atoms with E-state index in [1.54, 1.807) is 0 Å². The van der Waals surface area contributed by atoms with Crippen molar-refractivity contribution in [2.24, 2.45) is 5.41 Å². The van der Waals surface area contributed by atoms with Gasteiger partial charge in [0.2, 0.25) is 0 Å². The summed E-state index contributed by atoms with van der Waals surface area (Å²) in [6.45, 7) is 5.49. The van der Waals surface area contributed by atoms with E-state index < -0.39 is 11.2 Å². The van der Waals surface area contributed by atoms with Crippen molar-refractivity contribution in [2.45, 2.75) is 52.5 Å². The van der Waals surface area contributed by atoms with E-state index in [1.807, 2.05) is 6.92 Å². The normalized spacial score (nSPS) is 16.7. The van der Waals surface area contributed by atoms with Gasteiger partial charge < -0.3 is 11.1 Å². The minimum atomic E-state index is -0.429. The maximum absolute atomic E-state index is 11.9. The Morgan fingerprint density at radius 1 is 1.40 bits per heavy atom. The summed E-state index contributed by atoms with van der Waals surface area (Å²) in [6, 6.07) is 0. The van der Waals surface area contributed by atoms with Crippen LogP contribution in [0.1, 0.15) is 46.0 Å². The van der Waals surface area contributed by atoms with Gasteiger partial charge in [0.1, 0.15) is 11.5 Å². The molecule has 1 aromatic heterocycles. The van der Waals surface area contributed by atoms with Crippen LogP contribution in [0.4, 0.5) is 11.5 Å². The molecule has 112 valence electrons. The molecule has 1 saturated carbocycles. The smallest absolute Gasteiger partial charge is 0.330 e. The number of anilines is 2. The van der Waals surface area contributed by atoms with Gasteiger partial charge in [0.25, 0.3) is 5.56 Å². The summed E-state index contributed by atoms with van der Waals surface area (Å²) < 4.78 is 1.44. The van der Waals surface area contributed by atoms with Crippen molar-refractivity contribution in [1.82, 2.24) is 9.55 Å². The van der Waals surface area contributed by atoms with Gasteiger partial charge in [0.05, 0.1) is 0 Å². The van der Waals surface area contributed by atoms with Crippen LogP contribution in [-0.4, -0.2) is 16.1 Å². The topological polar surface area (TPSA) is 92.9 Å². The maximum atomic E-state index is 11.9. The van der Waals surface area contributed by atoms with Gasteiger partial charge in [0.15, 0.2) is 0 Å². The van der Waals surface area contributed by atoms with Crippen molar-refractivity contribution >= 4 is 11.5 Å². The van der Waals surface area contributed by atoms with Crippen molar-refractivity contribution in [1.29, 1.82) is 0 Å². The Hall–Kier alpha value is -1.72. The molecule has 0 spiro atoms. The Morgan fingerprint density at radius 2 is 2.10 bits per heavy atom. The third-order valence-corrected chi connectivity index (χ3v) is 4.23. The predicted octanol–water partition coefficient (Wildman–Crippen LogP) is 1.52. The molecule has 0 amide bonds. The summed E-state index contributed by atoms with van der Waals surface area (Å²) in [5.41, 5.74) is 5.71. The zero-order chi connectivity index (χ0) is 14.8. The van der Waals surface area contributed by atoms with E-state index in [0.29, 0.717) is 18.8 Å². The van der Waals surface area contributed by atoms with Gasteiger partial charge in [-0.1, -0.05) is 26.7 Å². The quantitative estimate of drug-likeness (QED) is 0.736. The first-order chi connectivity index (χ1) is 9.47. The Morgan fingerprint density at radius 3 is 2.65 bits per heavy atom. The summed E-state index contributed by atoms with van der Waals surface area (Å²) in [4.78, 5) is 26.0. The highest BCUT2D eigenvalue weighted by atomic mass is 16.2. The molecule has 6 nitrogen and oxygen atoms in total. The summed E-state index contributed by atoms with van der Waals surface area (Å²) in [5, 5.41) is 3.14. The Kier molecular flexibility index (Phi) is 4.20. The predicted molar refractivity (Wildman–Crippen MR) is 81.1 cm³/mol. The molecule has 1 aliphatic carbocycles. The van der Waals surface area contributed by atoms with Crippen molar-refractivity contribution in [2.75, 3.05) is 17.6 Å². The molecule has 1 aliphatic rings. The molecule has 6 heteroatoms. The number of aromatic nitrogens is 2. The first-order valence-electron chi connectivity index (χ1n) is 7.33. The molecule has 2 rings (SSSR count). The third kappa shape index (κ3) is 2.89. The van der Waals surface area contributed by atoms with E-state index in [1.165, 1.54) is 11.0 Å². The molecule has 0 radical (unpaired) electrons. The molecule has 1 aromatic rings. The zero-order valence-corrected chi connectivity index (χ0v) is 12.3. The number of nitrogens with one attached hydrogen (secondary N) is 2. The summed E-state index contributed by atoms with van der Waals surface area (Å²) in [7, 11) is 0. The molecule has 0 aliphatic heterocycles. The SMILES string of the molecule is CCCCn1c(N)c(NCC2(C)CCC2)c(=O)[nH]c1=O. The van der Waals surface area contributed by atoms with E-state index in [2.05, 4.69) is 17.2 Å². The third-order valence-electron chi connectivity index (χ3n) is 4.23. The maximum Gasteiger partial charge on any atom is 0.330 e. The highest BCUT2D eigenvalue weighted by Gasteiger charge is 2.31. The van der Waals surface area contributed by atoms with Gasteiger partial charge in [-0.25, -0.2) is 4.79 Å². The molecular weight excluding hydrogens is 256 g/mol. The lowest BCUT2D eigenvalue weighted by molar-refractivity contribution is 0.180. The average Bonchev–Trinajstić information content (AvgIpc) is 2.36. The number of hydrogen-bond acceptors (Lipinski definition) is 4. The van der Waals surface area contributed by atoms with Gasteiger partial charge in [-0.3, -0.25) is 14.3 Å². The highest BCUT2D eigenvalue weighted by molar-refractivity contribution is 5.60. The molecule has 0 bridgehead atoms. The first-order valence-corrected chi connectivity index (χ1v) is 7.33. The lowest BCUT2D eigenvalue weighted by Gasteiger charge is -2.38. The molecule has 0 atom stereocenters. The molecule has 0 unspecified atom stereocenters. The fourth-order valence-corrected chi connectivity index (χ4v) is 2.56. The highest BCUT2D eigenvalue weighted by Crippen LogP contribution is 2.40. The van der Waals surface area contributed by atoms with E-state index in [4.69, 9.17) is 5.73 Å². The molecule has 1 heterocycles. The zero-order valence-electron chi connectivity index (χ0n) is 12.3. The Labute approximate surface area is 118 Å². The second kappa shape index (κ2) is 5.73. The molecule has 20 heavy (non-hydrogen) atoms. The fourth-order valence-electron chi connectivity index (χ4n) is 2.56. The number of aromatic amines is 1. The average molecular weight is 280 g/mol. The van der Waals surface area contributed by atoms with Crippen LogP contribution >= 0.6 is 0 Å². The largest absolute Gasteiger partial charge is 0.383 e. The minimum Gasteiger partial charge on any atom is -0.383 e. The van der Waals surface area contributed by atoms with Gasteiger partial charge in [-0.15, -0.1) is 0 Å². The number of nitrogens with two attached hydrogens (primary N) is 1. The number of hydrogen-bond donors (Lipinski definition) is 3. The molecule has 4 N–H and O–H groups in total.